The topological polar surface area (TPSA) is 103 Å². The fourth-order valence-electron chi connectivity index (χ4n) is 3.11. The Labute approximate surface area is 167 Å². The van der Waals surface area contributed by atoms with E-state index in [4.69, 9.17) is 9.47 Å². The van der Waals surface area contributed by atoms with Gasteiger partial charge in [-0.15, -0.1) is 0 Å². The molecular formula is C20H22FN3O5. The van der Waals surface area contributed by atoms with E-state index in [2.05, 4.69) is 10.6 Å². The van der Waals surface area contributed by atoms with Gasteiger partial charge in [-0.3, -0.25) is 14.9 Å². The summed E-state index contributed by atoms with van der Waals surface area (Å²) in [6, 6.07) is 6.20. The summed E-state index contributed by atoms with van der Waals surface area (Å²) in [5.74, 6) is -0.0534. The maximum Gasteiger partial charge on any atom is 0.306 e. The van der Waals surface area contributed by atoms with Gasteiger partial charge in [0.2, 0.25) is 11.7 Å². The second kappa shape index (κ2) is 8.34. The Hall–Kier alpha value is -3.36. The minimum absolute atomic E-state index is 0.0738. The minimum atomic E-state index is -0.965. The van der Waals surface area contributed by atoms with E-state index in [1.54, 1.807) is 13.0 Å². The molecule has 0 saturated carbocycles. The van der Waals surface area contributed by atoms with Gasteiger partial charge in [-0.25, -0.2) is 0 Å². The SMILES string of the molecule is CCOc1cc2c(cc1NC(C)C(=O)Nc1ccc(F)c([N+](=O)[O-])c1)OC(C)C2. The maximum atomic E-state index is 13.5. The molecule has 2 N–H and O–H groups in total. The number of nitrogens with zero attached hydrogens (tertiary/aromatic N) is 1. The number of anilines is 2. The second-order valence-electron chi connectivity index (χ2n) is 6.80. The van der Waals surface area contributed by atoms with E-state index in [1.807, 2.05) is 19.9 Å². The van der Waals surface area contributed by atoms with E-state index in [0.717, 1.165) is 29.9 Å². The predicted molar refractivity (Wildman–Crippen MR) is 106 cm³/mol. The Morgan fingerprint density at radius 3 is 2.86 bits per heavy atom. The number of nitro groups is 1. The van der Waals surface area contributed by atoms with Gasteiger partial charge in [0.1, 0.15) is 23.6 Å². The Bertz CT molecular complexity index is 950. The second-order valence-corrected chi connectivity index (χ2v) is 6.80. The molecule has 0 spiro atoms. The minimum Gasteiger partial charge on any atom is -0.492 e. The molecule has 0 fully saturated rings. The van der Waals surface area contributed by atoms with Crippen LogP contribution in [0.1, 0.15) is 26.3 Å². The summed E-state index contributed by atoms with van der Waals surface area (Å²) in [6.45, 7) is 5.95. The number of halogens is 1. The molecule has 1 aliphatic heterocycles. The number of nitro benzene ring substituents is 1. The molecule has 1 aliphatic rings. The summed E-state index contributed by atoms with van der Waals surface area (Å²) in [4.78, 5) is 22.6. The first kappa shape index (κ1) is 20.4. The molecule has 9 heteroatoms. The van der Waals surface area contributed by atoms with Gasteiger partial charge in [0, 0.05) is 29.8 Å². The number of ether oxygens (including phenoxy) is 2. The molecule has 0 bridgehead atoms. The summed E-state index contributed by atoms with van der Waals surface area (Å²) in [6.07, 6.45) is 0.861. The summed E-state index contributed by atoms with van der Waals surface area (Å²) < 4.78 is 24.9. The van der Waals surface area contributed by atoms with E-state index in [0.29, 0.717) is 18.0 Å². The highest BCUT2D eigenvalue weighted by molar-refractivity contribution is 5.96. The molecule has 0 radical (unpaired) electrons. The van der Waals surface area contributed by atoms with Crippen LogP contribution in [-0.2, 0) is 11.2 Å². The summed E-state index contributed by atoms with van der Waals surface area (Å²) in [7, 11) is 0. The Morgan fingerprint density at radius 2 is 2.17 bits per heavy atom. The fraction of sp³-hybridized carbons (Fsp3) is 0.350. The highest BCUT2D eigenvalue weighted by atomic mass is 19.1. The lowest BCUT2D eigenvalue weighted by Gasteiger charge is -2.19. The average molecular weight is 403 g/mol. The first-order valence-corrected chi connectivity index (χ1v) is 9.26. The van der Waals surface area contributed by atoms with Gasteiger partial charge in [0.25, 0.3) is 0 Å². The van der Waals surface area contributed by atoms with Crippen LogP contribution in [0.2, 0.25) is 0 Å². The standard InChI is InChI=1S/C20H22FN3O5/c1-4-28-19-8-13-7-11(2)29-18(13)10-16(19)22-12(3)20(25)23-14-5-6-15(21)17(9-14)24(26)27/h5-6,8-12,22H,4,7H2,1-3H3,(H,23,25). The molecule has 154 valence electrons. The van der Waals surface area contributed by atoms with Crippen LogP contribution in [0, 0.1) is 15.9 Å². The number of amides is 1. The monoisotopic (exact) mass is 403 g/mol. The molecule has 2 unspecified atom stereocenters. The Morgan fingerprint density at radius 1 is 1.41 bits per heavy atom. The normalized spacial score (nSPS) is 15.8. The largest absolute Gasteiger partial charge is 0.492 e. The number of hydrogen-bond donors (Lipinski definition) is 2. The molecule has 2 atom stereocenters. The summed E-state index contributed by atoms with van der Waals surface area (Å²) in [5, 5.41) is 16.5. The number of hydrogen-bond acceptors (Lipinski definition) is 6. The van der Waals surface area contributed by atoms with Gasteiger partial charge in [-0.2, -0.15) is 4.39 Å². The molecule has 1 amide bonds. The van der Waals surface area contributed by atoms with Gasteiger partial charge in [-0.05, 0) is 39.0 Å². The zero-order valence-electron chi connectivity index (χ0n) is 16.3. The van der Waals surface area contributed by atoms with Crippen molar-refractivity contribution in [3.63, 3.8) is 0 Å². The van der Waals surface area contributed by atoms with Crippen molar-refractivity contribution < 1.29 is 23.6 Å². The average Bonchev–Trinajstić information content (AvgIpc) is 3.02. The van der Waals surface area contributed by atoms with Crippen LogP contribution < -0.4 is 20.1 Å². The van der Waals surface area contributed by atoms with Gasteiger partial charge < -0.3 is 20.1 Å². The maximum absolute atomic E-state index is 13.5. The Kier molecular flexibility index (Phi) is 5.86. The molecule has 0 aliphatic carbocycles. The van der Waals surface area contributed by atoms with Gasteiger partial charge in [-0.1, -0.05) is 0 Å². The third-order valence-electron chi connectivity index (χ3n) is 4.47. The number of carbonyl (C=O) groups is 1. The third-order valence-corrected chi connectivity index (χ3v) is 4.47. The Balaban J connectivity index is 1.75. The van der Waals surface area contributed by atoms with Crippen molar-refractivity contribution in [3.8, 4) is 11.5 Å². The van der Waals surface area contributed by atoms with Crippen molar-refractivity contribution in [2.45, 2.75) is 39.3 Å². The van der Waals surface area contributed by atoms with E-state index in [9.17, 15) is 19.3 Å². The van der Waals surface area contributed by atoms with Crippen molar-refractivity contribution in [1.29, 1.82) is 0 Å². The number of carbonyl (C=O) groups excluding carboxylic acids is 1. The van der Waals surface area contributed by atoms with Crippen LogP contribution in [-0.4, -0.2) is 29.6 Å². The van der Waals surface area contributed by atoms with Gasteiger partial charge in [0.05, 0.1) is 17.2 Å². The van der Waals surface area contributed by atoms with Crippen LogP contribution >= 0.6 is 0 Å². The van der Waals surface area contributed by atoms with Crippen molar-refractivity contribution in [2.24, 2.45) is 0 Å². The van der Waals surface area contributed by atoms with Gasteiger partial charge >= 0.3 is 5.69 Å². The van der Waals surface area contributed by atoms with Crippen molar-refractivity contribution in [2.75, 3.05) is 17.2 Å². The zero-order chi connectivity index (χ0) is 21.1. The van der Waals surface area contributed by atoms with Crippen molar-refractivity contribution in [3.05, 3.63) is 51.8 Å². The summed E-state index contributed by atoms with van der Waals surface area (Å²) in [5.41, 5.74) is 1.08. The smallest absolute Gasteiger partial charge is 0.306 e. The lowest BCUT2D eigenvalue weighted by atomic mass is 10.1. The van der Waals surface area contributed by atoms with Crippen molar-refractivity contribution >= 4 is 23.0 Å². The highest BCUT2D eigenvalue weighted by Crippen LogP contribution is 2.38. The van der Waals surface area contributed by atoms with E-state index in [-0.39, 0.29) is 11.8 Å². The molecule has 0 aromatic heterocycles. The van der Waals surface area contributed by atoms with Crippen LogP contribution in [0.15, 0.2) is 30.3 Å². The van der Waals surface area contributed by atoms with Gasteiger partial charge in [0.15, 0.2) is 0 Å². The molecule has 29 heavy (non-hydrogen) atoms. The van der Waals surface area contributed by atoms with Crippen LogP contribution in [0.4, 0.5) is 21.5 Å². The van der Waals surface area contributed by atoms with E-state index < -0.39 is 28.4 Å². The fourth-order valence-corrected chi connectivity index (χ4v) is 3.11. The summed E-state index contributed by atoms with van der Waals surface area (Å²) >= 11 is 0. The lowest BCUT2D eigenvalue weighted by Crippen LogP contribution is -2.32. The molecule has 0 saturated heterocycles. The predicted octanol–water partition coefficient (Wildman–Crippen LogP) is 3.90. The molecule has 3 rings (SSSR count). The van der Waals surface area contributed by atoms with Crippen LogP contribution in [0.3, 0.4) is 0 Å². The first-order valence-electron chi connectivity index (χ1n) is 9.26. The third kappa shape index (κ3) is 4.56. The number of fused-ring (bicyclic) bond motifs is 1. The quantitative estimate of drug-likeness (QED) is 0.537. The first-order chi connectivity index (χ1) is 13.8. The molecule has 1 heterocycles. The lowest BCUT2D eigenvalue weighted by molar-refractivity contribution is -0.387. The van der Waals surface area contributed by atoms with E-state index >= 15 is 0 Å². The molecule has 2 aromatic rings. The van der Waals surface area contributed by atoms with E-state index in [1.165, 1.54) is 6.07 Å². The van der Waals surface area contributed by atoms with Crippen LogP contribution in [0.25, 0.3) is 0 Å². The molecule has 8 nitrogen and oxygen atoms in total. The number of nitrogens with one attached hydrogen (secondary N) is 2. The number of benzene rings is 2. The van der Waals surface area contributed by atoms with Crippen LogP contribution in [0.5, 0.6) is 11.5 Å². The molecular weight excluding hydrogens is 381 g/mol. The zero-order valence-corrected chi connectivity index (χ0v) is 16.3. The highest BCUT2D eigenvalue weighted by Gasteiger charge is 2.24. The molecule has 2 aromatic carbocycles. The van der Waals surface area contributed by atoms with Crippen molar-refractivity contribution in [1.82, 2.24) is 0 Å². The number of rotatable bonds is 7.